The van der Waals surface area contributed by atoms with Gasteiger partial charge in [0.2, 0.25) is 0 Å². The van der Waals surface area contributed by atoms with Gasteiger partial charge in [0, 0.05) is 26.8 Å². The van der Waals surface area contributed by atoms with E-state index in [1.54, 1.807) is 12.1 Å². The molecule has 0 saturated carbocycles. The average Bonchev–Trinajstić information content (AvgIpc) is 2.09. The summed E-state index contributed by atoms with van der Waals surface area (Å²) in [4.78, 5) is 0. The number of hydrogen-bond donors (Lipinski definition) is 1. The van der Waals surface area contributed by atoms with Crippen LogP contribution in [0.5, 0.6) is 0 Å². The number of halogens is 1. The maximum atomic E-state index is 11.6. The Labute approximate surface area is 91.9 Å². The van der Waals surface area contributed by atoms with Crippen molar-refractivity contribution >= 4 is 28.1 Å². The molecule has 0 aromatic heterocycles. The van der Waals surface area contributed by atoms with Gasteiger partial charge in [-0.05, 0) is 17.7 Å². The Kier molecular flexibility index (Phi) is 3.96. The Morgan fingerprint density at radius 2 is 2.14 bits per heavy atom. The second-order valence-corrected chi connectivity index (χ2v) is 5.82. The number of nitrogens with two attached hydrogens (primary N) is 1. The first-order chi connectivity index (χ1) is 6.50. The number of nitrogen functional groups attached to an aromatic ring is 1. The van der Waals surface area contributed by atoms with Crippen molar-refractivity contribution in [3.63, 3.8) is 0 Å². The van der Waals surface area contributed by atoms with Crippen LogP contribution in [0.1, 0.15) is 19.4 Å². The standard InChI is InChI=1S/C10H14ClNOS/c1-7(2)14(13)6-8-3-4-9(12)5-10(8)11/h3-5,7H,6,12H2,1-2H3. The number of anilines is 1. The Morgan fingerprint density at radius 3 is 2.64 bits per heavy atom. The third kappa shape index (κ3) is 3.00. The maximum Gasteiger partial charge on any atom is 0.0503 e. The van der Waals surface area contributed by atoms with E-state index in [1.165, 1.54) is 0 Å². The van der Waals surface area contributed by atoms with E-state index in [9.17, 15) is 4.21 Å². The highest BCUT2D eigenvalue weighted by Gasteiger charge is 2.08. The smallest absolute Gasteiger partial charge is 0.0503 e. The molecule has 2 nitrogen and oxygen atoms in total. The predicted molar refractivity (Wildman–Crippen MR) is 62.8 cm³/mol. The Morgan fingerprint density at radius 1 is 1.50 bits per heavy atom. The van der Waals surface area contributed by atoms with Gasteiger partial charge >= 0.3 is 0 Å². The molecule has 2 N–H and O–H groups in total. The third-order valence-corrected chi connectivity index (χ3v) is 3.90. The molecule has 1 atom stereocenters. The lowest BCUT2D eigenvalue weighted by atomic mass is 10.2. The van der Waals surface area contributed by atoms with Crippen LogP contribution >= 0.6 is 11.6 Å². The van der Waals surface area contributed by atoms with Crippen LogP contribution in [0.3, 0.4) is 0 Å². The SMILES string of the molecule is CC(C)S(=O)Cc1ccc(N)cc1Cl. The Balaban J connectivity index is 2.82. The van der Waals surface area contributed by atoms with Crippen molar-refractivity contribution in [2.75, 3.05) is 5.73 Å². The van der Waals surface area contributed by atoms with E-state index in [2.05, 4.69) is 0 Å². The van der Waals surface area contributed by atoms with E-state index in [1.807, 2.05) is 19.9 Å². The molecule has 1 aromatic carbocycles. The van der Waals surface area contributed by atoms with Gasteiger partial charge in [-0.3, -0.25) is 4.21 Å². The van der Waals surface area contributed by atoms with Crippen molar-refractivity contribution in [3.8, 4) is 0 Å². The van der Waals surface area contributed by atoms with E-state index in [4.69, 9.17) is 17.3 Å². The molecule has 0 aliphatic heterocycles. The fourth-order valence-electron chi connectivity index (χ4n) is 1.00. The molecule has 4 heteroatoms. The highest BCUT2D eigenvalue weighted by Crippen LogP contribution is 2.21. The monoisotopic (exact) mass is 231 g/mol. The van der Waals surface area contributed by atoms with Gasteiger partial charge in [0.1, 0.15) is 0 Å². The predicted octanol–water partition coefficient (Wildman–Crippen LogP) is 2.58. The van der Waals surface area contributed by atoms with Gasteiger partial charge in [-0.15, -0.1) is 0 Å². The normalized spacial score (nSPS) is 13.1. The average molecular weight is 232 g/mol. The Bertz CT molecular complexity index is 352. The molecule has 78 valence electrons. The van der Waals surface area contributed by atoms with Gasteiger partial charge < -0.3 is 5.73 Å². The minimum Gasteiger partial charge on any atom is -0.399 e. The quantitative estimate of drug-likeness (QED) is 0.813. The fourth-order valence-corrected chi connectivity index (χ4v) is 2.23. The second kappa shape index (κ2) is 4.80. The van der Waals surface area contributed by atoms with E-state index in [0.29, 0.717) is 16.5 Å². The topological polar surface area (TPSA) is 43.1 Å². The minimum atomic E-state index is -0.865. The highest BCUT2D eigenvalue weighted by atomic mass is 35.5. The molecule has 0 amide bonds. The van der Waals surface area contributed by atoms with E-state index >= 15 is 0 Å². The molecular weight excluding hydrogens is 218 g/mol. The lowest BCUT2D eigenvalue weighted by molar-refractivity contribution is 0.676. The number of hydrogen-bond acceptors (Lipinski definition) is 2. The molecule has 0 spiro atoms. The van der Waals surface area contributed by atoms with Crippen LogP contribution in [0.25, 0.3) is 0 Å². The fraction of sp³-hybridized carbons (Fsp3) is 0.400. The molecule has 1 aromatic rings. The van der Waals surface area contributed by atoms with Crippen molar-refractivity contribution in [1.82, 2.24) is 0 Å². The van der Waals surface area contributed by atoms with E-state index in [-0.39, 0.29) is 5.25 Å². The van der Waals surface area contributed by atoms with Crippen LogP contribution in [0, 0.1) is 0 Å². The summed E-state index contributed by atoms with van der Waals surface area (Å²) in [6.45, 7) is 3.86. The lowest BCUT2D eigenvalue weighted by Crippen LogP contribution is -2.08. The van der Waals surface area contributed by atoms with E-state index in [0.717, 1.165) is 5.56 Å². The summed E-state index contributed by atoms with van der Waals surface area (Å²) in [7, 11) is -0.865. The molecule has 0 aliphatic rings. The molecule has 1 rings (SSSR count). The molecule has 0 saturated heterocycles. The molecule has 0 radical (unpaired) electrons. The zero-order valence-electron chi connectivity index (χ0n) is 8.29. The van der Waals surface area contributed by atoms with Crippen LogP contribution in [0.15, 0.2) is 18.2 Å². The first-order valence-electron chi connectivity index (χ1n) is 4.41. The summed E-state index contributed by atoms with van der Waals surface area (Å²) < 4.78 is 11.6. The van der Waals surface area contributed by atoms with Crippen LogP contribution in [-0.2, 0) is 16.6 Å². The molecule has 1 unspecified atom stereocenters. The van der Waals surface area contributed by atoms with E-state index < -0.39 is 10.8 Å². The first kappa shape index (κ1) is 11.5. The molecule has 0 bridgehead atoms. The van der Waals surface area contributed by atoms with Gasteiger partial charge in [0.15, 0.2) is 0 Å². The van der Waals surface area contributed by atoms with Gasteiger partial charge in [-0.2, -0.15) is 0 Å². The van der Waals surface area contributed by atoms with Gasteiger partial charge in [-0.1, -0.05) is 31.5 Å². The van der Waals surface area contributed by atoms with Gasteiger partial charge in [0.25, 0.3) is 0 Å². The highest BCUT2D eigenvalue weighted by molar-refractivity contribution is 7.84. The number of rotatable bonds is 3. The van der Waals surface area contributed by atoms with Crippen molar-refractivity contribution < 1.29 is 4.21 Å². The summed E-state index contributed by atoms with van der Waals surface area (Å²) in [6, 6.07) is 5.30. The maximum absolute atomic E-state index is 11.6. The summed E-state index contributed by atoms with van der Waals surface area (Å²) in [5.74, 6) is 0.497. The zero-order chi connectivity index (χ0) is 10.7. The molecule has 14 heavy (non-hydrogen) atoms. The van der Waals surface area contributed by atoms with Gasteiger partial charge in [-0.25, -0.2) is 0 Å². The van der Waals surface area contributed by atoms with Crippen molar-refractivity contribution in [2.24, 2.45) is 0 Å². The Hall–Kier alpha value is -0.540. The molecule has 0 aliphatic carbocycles. The summed E-state index contributed by atoms with van der Waals surface area (Å²) in [5, 5.41) is 0.752. The van der Waals surface area contributed by atoms with Crippen LogP contribution in [0.4, 0.5) is 5.69 Å². The third-order valence-electron chi connectivity index (χ3n) is 1.90. The number of benzene rings is 1. The molecular formula is C10H14ClNOS. The minimum absolute atomic E-state index is 0.156. The van der Waals surface area contributed by atoms with Crippen LogP contribution in [-0.4, -0.2) is 9.46 Å². The van der Waals surface area contributed by atoms with Crippen LogP contribution < -0.4 is 5.73 Å². The summed E-state index contributed by atoms with van der Waals surface area (Å²) in [6.07, 6.45) is 0. The first-order valence-corrected chi connectivity index (χ1v) is 6.18. The molecule has 0 fully saturated rings. The van der Waals surface area contributed by atoms with Crippen molar-refractivity contribution in [2.45, 2.75) is 24.9 Å². The van der Waals surface area contributed by atoms with Crippen molar-refractivity contribution in [3.05, 3.63) is 28.8 Å². The van der Waals surface area contributed by atoms with Crippen molar-refractivity contribution in [1.29, 1.82) is 0 Å². The second-order valence-electron chi connectivity index (χ2n) is 3.42. The zero-order valence-corrected chi connectivity index (χ0v) is 9.86. The largest absolute Gasteiger partial charge is 0.399 e. The lowest BCUT2D eigenvalue weighted by Gasteiger charge is -2.07. The summed E-state index contributed by atoms with van der Waals surface area (Å²) in [5.41, 5.74) is 7.09. The van der Waals surface area contributed by atoms with Crippen LogP contribution in [0.2, 0.25) is 5.02 Å². The summed E-state index contributed by atoms with van der Waals surface area (Å²) >= 11 is 5.96. The molecule has 0 heterocycles. The van der Waals surface area contributed by atoms with Gasteiger partial charge in [0.05, 0.1) is 5.75 Å².